The monoisotopic (exact) mass is 510 g/mol. The molecule has 10 heteroatoms. The summed E-state index contributed by atoms with van der Waals surface area (Å²) < 4.78 is 5.50. The lowest BCUT2D eigenvalue weighted by Crippen LogP contribution is -2.41. The van der Waals surface area contributed by atoms with Gasteiger partial charge in [-0.15, -0.1) is 0 Å². The van der Waals surface area contributed by atoms with Crippen molar-refractivity contribution in [1.29, 1.82) is 0 Å². The van der Waals surface area contributed by atoms with Gasteiger partial charge in [-0.1, -0.05) is 12.1 Å². The van der Waals surface area contributed by atoms with Crippen molar-refractivity contribution in [3.8, 4) is 17.1 Å². The average molecular weight is 511 g/mol. The third-order valence-corrected chi connectivity index (χ3v) is 7.16. The first kappa shape index (κ1) is 23.8. The molecule has 4 aromatic rings. The number of aliphatic hydroxyl groups excluding tert-OH is 1. The number of aliphatic hydroxyl groups is 1. The second-order valence-electron chi connectivity index (χ2n) is 9.32. The molecule has 3 N–H and O–H groups in total. The summed E-state index contributed by atoms with van der Waals surface area (Å²) in [5, 5.41) is 16.8. The minimum atomic E-state index is -0.606. The van der Waals surface area contributed by atoms with E-state index in [2.05, 4.69) is 31.2 Å². The molecule has 6 rings (SSSR count). The number of nitrogens with one attached hydrogen (secondary N) is 2. The number of Topliss-reactive ketones (excluding diaryl/α,β-unsaturated/α-hetero) is 1. The van der Waals surface area contributed by atoms with E-state index in [0.29, 0.717) is 53.2 Å². The number of rotatable bonds is 6. The molecule has 0 atom stereocenters. The Kier molecular flexibility index (Phi) is 6.09. The number of allylic oxidation sites excluding steroid dienone is 2. The number of nitrogens with zero attached hydrogens (tertiary/aromatic N) is 4. The first-order valence-corrected chi connectivity index (χ1v) is 12.4. The van der Waals surface area contributed by atoms with Crippen molar-refractivity contribution in [2.75, 3.05) is 20.2 Å². The standard InChI is InChI=1S/C28H26N6O4/c1-38-23-13-31-25(22-11-17(15-35)32-33-22)26-24(23)20(12-30-26)27(36)28(37)34-10-8-18-16(14-34)5-4-6-19(18)21-7-2-3-9-29-21/h2-3,6-7,9,11-13,30,35H,4-5,8,10,14-15H2,1H3,(H,32,33). The molecule has 1 aliphatic carbocycles. The second kappa shape index (κ2) is 9.71. The molecule has 2 aliphatic rings. The van der Waals surface area contributed by atoms with Gasteiger partial charge in [0, 0.05) is 25.5 Å². The molecule has 0 saturated heterocycles. The Morgan fingerprint density at radius 1 is 1.18 bits per heavy atom. The minimum Gasteiger partial charge on any atom is -0.494 e. The van der Waals surface area contributed by atoms with Crippen molar-refractivity contribution in [3.63, 3.8) is 0 Å². The maximum atomic E-state index is 13.6. The zero-order chi connectivity index (χ0) is 26.2. The van der Waals surface area contributed by atoms with Crippen LogP contribution in [0, 0.1) is 0 Å². The van der Waals surface area contributed by atoms with Crippen molar-refractivity contribution >= 4 is 28.2 Å². The molecule has 0 unspecified atom stereocenters. The highest BCUT2D eigenvalue weighted by Gasteiger charge is 2.32. The topological polar surface area (TPSA) is 137 Å². The highest BCUT2D eigenvalue weighted by atomic mass is 16.5. The van der Waals surface area contributed by atoms with Crippen LogP contribution in [-0.4, -0.2) is 67.0 Å². The van der Waals surface area contributed by atoms with Crippen LogP contribution in [-0.2, 0) is 11.4 Å². The Morgan fingerprint density at radius 3 is 2.84 bits per heavy atom. The van der Waals surface area contributed by atoms with Crippen LogP contribution in [0.25, 0.3) is 27.9 Å². The molecule has 0 fully saturated rings. The lowest BCUT2D eigenvalue weighted by Gasteiger charge is -2.33. The number of aromatic amines is 2. The van der Waals surface area contributed by atoms with Gasteiger partial charge in [0.25, 0.3) is 11.7 Å². The van der Waals surface area contributed by atoms with Gasteiger partial charge in [-0.05, 0) is 54.2 Å². The summed E-state index contributed by atoms with van der Waals surface area (Å²) in [6.45, 7) is 0.688. The largest absolute Gasteiger partial charge is 0.494 e. The van der Waals surface area contributed by atoms with E-state index in [-0.39, 0.29) is 12.2 Å². The quantitative estimate of drug-likeness (QED) is 0.267. The number of carbonyl (C=O) groups is 2. The van der Waals surface area contributed by atoms with Crippen LogP contribution in [0.3, 0.4) is 0 Å². The number of methoxy groups -OCH3 is 1. The fourth-order valence-electron chi connectivity index (χ4n) is 5.32. The Balaban J connectivity index is 1.30. The fourth-order valence-corrected chi connectivity index (χ4v) is 5.32. The molecular formula is C28H26N6O4. The Bertz CT molecular complexity index is 1610. The average Bonchev–Trinajstić information content (AvgIpc) is 3.64. The molecule has 4 aromatic heterocycles. The number of carbonyl (C=O) groups excluding carboxylic acids is 2. The van der Waals surface area contributed by atoms with Crippen LogP contribution >= 0.6 is 0 Å². The molecule has 0 aromatic carbocycles. The first-order valence-electron chi connectivity index (χ1n) is 12.4. The summed E-state index contributed by atoms with van der Waals surface area (Å²) in [5.41, 5.74) is 6.75. The number of pyridine rings is 2. The van der Waals surface area contributed by atoms with Crippen molar-refractivity contribution in [2.24, 2.45) is 0 Å². The molecule has 0 radical (unpaired) electrons. The summed E-state index contributed by atoms with van der Waals surface area (Å²) in [5.74, 6) is -0.778. The lowest BCUT2D eigenvalue weighted by atomic mass is 9.84. The first-order chi connectivity index (χ1) is 18.6. The van der Waals surface area contributed by atoms with E-state index in [4.69, 9.17) is 4.74 Å². The van der Waals surface area contributed by atoms with Gasteiger partial charge in [0.15, 0.2) is 0 Å². The van der Waals surface area contributed by atoms with E-state index in [9.17, 15) is 14.7 Å². The van der Waals surface area contributed by atoms with Gasteiger partial charge in [-0.2, -0.15) is 5.10 Å². The SMILES string of the molecule is COc1cnc(-c2cc(CO)[nH]n2)c2[nH]cc(C(=O)C(=O)N3CCC4=C(CCC=C4c4ccccn4)C3)c12. The zero-order valence-electron chi connectivity index (χ0n) is 20.8. The number of fused-ring (bicyclic) bond motifs is 1. The van der Waals surface area contributed by atoms with E-state index in [1.54, 1.807) is 17.2 Å². The van der Waals surface area contributed by atoms with Crippen LogP contribution in [0.1, 0.15) is 41.0 Å². The summed E-state index contributed by atoms with van der Waals surface area (Å²) in [7, 11) is 1.49. The van der Waals surface area contributed by atoms with E-state index in [0.717, 1.165) is 24.1 Å². The Labute approximate surface area is 218 Å². The van der Waals surface area contributed by atoms with Crippen LogP contribution in [0.2, 0.25) is 0 Å². The number of ether oxygens (including phenoxy) is 1. The number of hydrogen-bond donors (Lipinski definition) is 3. The van der Waals surface area contributed by atoms with Gasteiger partial charge >= 0.3 is 0 Å². The van der Waals surface area contributed by atoms with Gasteiger partial charge < -0.3 is 19.7 Å². The number of amides is 1. The molecule has 0 spiro atoms. The maximum Gasteiger partial charge on any atom is 0.295 e. The van der Waals surface area contributed by atoms with Gasteiger partial charge in [-0.3, -0.25) is 19.7 Å². The summed E-state index contributed by atoms with van der Waals surface area (Å²) in [6, 6.07) is 7.56. The zero-order valence-corrected chi connectivity index (χ0v) is 20.8. The molecule has 10 nitrogen and oxygen atoms in total. The number of aromatic nitrogens is 5. The number of hydrogen-bond acceptors (Lipinski definition) is 7. The molecule has 192 valence electrons. The molecule has 0 saturated carbocycles. The molecule has 38 heavy (non-hydrogen) atoms. The summed E-state index contributed by atoms with van der Waals surface area (Å²) >= 11 is 0. The van der Waals surface area contributed by atoms with Crippen LogP contribution in [0.15, 0.2) is 60.1 Å². The van der Waals surface area contributed by atoms with Gasteiger partial charge in [0.05, 0.1) is 47.8 Å². The molecular weight excluding hydrogens is 484 g/mol. The summed E-state index contributed by atoms with van der Waals surface area (Å²) in [4.78, 5) is 40.7. The van der Waals surface area contributed by atoms with E-state index >= 15 is 0 Å². The second-order valence-corrected chi connectivity index (χ2v) is 9.32. The molecule has 1 aliphatic heterocycles. The number of H-pyrrole nitrogens is 2. The lowest BCUT2D eigenvalue weighted by molar-refractivity contribution is -0.126. The smallest absolute Gasteiger partial charge is 0.295 e. The highest BCUT2D eigenvalue weighted by molar-refractivity contribution is 6.45. The van der Waals surface area contributed by atoms with Crippen molar-refractivity contribution in [1.82, 2.24) is 30.0 Å². The maximum absolute atomic E-state index is 13.6. The van der Waals surface area contributed by atoms with E-state index < -0.39 is 11.7 Å². The third-order valence-electron chi connectivity index (χ3n) is 7.16. The Morgan fingerprint density at radius 2 is 2.08 bits per heavy atom. The van der Waals surface area contributed by atoms with Gasteiger partial charge in [0.1, 0.15) is 17.1 Å². The Hall–Kier alpha value is -4.57. The van der Waals surface area contributed by atoms with Crippen molar-refractivity contribution in [3.05, 3.63) is 77.0 Å². The fraction of sp³-hybridized carbons (Fsp3) is 0.250. The predicted octanol–water partition coefficient (Wildman–Crippen LogP) is 3.44. The van der Waals surface area contributed by atoms with Crippen LogP contribution in [0.5, 0.6) is 5.75 Å². The van der Waals surface area contributed by atoms with Gasteiger partial charge in [-0.25, -0.2) is 4.98 Å². The minimum absolute atomic E-state index is 0.192. The number of ketones is 1. The highest BCUT2D eigenvalue weighted by Crippen LogP contribution is 2.38. The predicted molar refractivity (Wildman–Crippen MR) is 140 cm³/mol. The van der Waals surface area contributed by atoms with Crippen molar-refractivity contribution in [2.45, 2.75) is 25.9 Å². The molecule has 1 amide bonds. The van der Waals surface area contributed by atoms with Crippen LogP contribution < -0.4 is 4.74 Å². The third kappa shape index (κ3) is 3.99. The molecule has 0 bridgehead atoms. The van der Waals surface area contributed by atoms with Crippen LogP contribution in [0.4, 0.5) is 0 Å². The molecule has 5 heterocycles. The van der Waals surface area contributed by atoms with Gasteiger partial charge in [0.2, 0.25) is 0 Å². The van der Waals surface area contributed by atoms with E-state index in [1.807, 2.05) is 18.2 Å². The summed E-state index contributed by atoms with van der Waals surface area (Å²) in [6.07, 6.45) is 9.45. The normalized spacial score (nSPS) is 15.4. The van der Waals surface area contributed by atoms with E-state index in [1.165, 1.54) is 30.6 Å². The van der Waals surface area contributed by atoms with Crippen molar-refractivity contribution < 1.29 is 19.4 Å².